The van der Waals surface area contributed by atoms with Gasteiger partial charge >= 0.3 is 5.69 Å². The summed E-state index contributed by atoms with van der Waals surface area (Å²) in [5.41, 5.74) is 0.913. The van der Waals surface area contributed by atoms with Crippen LogP contribution < -0.4 is 4.74 Å². The minimum atomic E-state index is -0.679. The highest BCUT2D eigenvalue weighted by Crippen LogP contribution is 2.35. The molecule has 1 saturated heterocycles. The molecule has 0 atom stereocenters. The van der Waals surface area contributed by atoms with Crippen molar-refractivity contribution in [2.45, 2.75) is 6.54 Å². The molecule has 0 unspecified atom stereocenters. The number of hydrogen-bond donors (Lipinski definition) is 1. The maximum Gasteiger partial charge on any atom is 0.311 e. The van der Waals surface area contributed by atoms with Crippen LogP contribution in [-0.2, 0) is 11.3 Å². The third-order valence-corrected chi connectivity index (χ3v) is 5.25. The third kappa shape index (κ3) is 4.09. The zero-order valence-electron chi connectivity index (χ0n) is 14.1. The number of phenols is 1. The van der Waals surface area contributed by atoms with E-state index in [4.69, 9.17) is 17.0 Å². The van der Waals surface area contributed by atoms with E-state index in [1.54, 1.807) is 19.2 Å². The number of hydrogen-bond acceptors (Lipinski definition) is 7. The first kappa shape index (κ1) is 18.9. The van der Waals surface area contributed by atoms with E-state index in [1.165, 1.54) is 29.2 Å². The van der Waals surface area contributed by atoms with Crippen molar-refractivity contribution >= 4 is 46.0 Å². The Balaban J connectivity index is 1.81. The van der Waals surface area contributed by atoms with Crippen LogP contribution in [0, 0.1) is 10.1 Å². The first-order valence-electron chi connectivity index (χ1n) is 7.74. The standard InChI is InChI=1S/C18H14N2O5S2/c1-25-13-5-2-11(3-6-13)10-19-17(22)16(27-18(19)26)9-12-4-7-15(21)14(8-12)20(23)24/h2-9,21H,10H2,1H3/b16-9-. The second-order valence-corrected chi connectivity index (χ2v) is 7.30. The van der Waals surface area contributed by atoms with Crippen molar-refractivity contribution in [1.82, 2.24) is 4.90 Å². The fraction of sp³-hybridized carbons (Fsp3) is 0.111. The minimum absolute atomic E-state index is 0.267. The molecule has 27 heavy (non-hydrogen) atoms. The van der Waals surface area contributed by atoms with Gasteiger partial charge in [-0.25, -0.2) is 0 Å². The van der Waals surface area contributed by atoms with Crippen molar-refractivity contribution < 1.29 is 19.6 Å². The van der Waals surface area contributed by atoms with E-state index in [9.17, 15) is 20.0 Å². The number of nitro benzene ring substituents is 1. The summed E-state index contributed by atoms with van der Waals surface area (Å²) in [5.74, 6) is 0.0266. The van der Waals surface area contributed by atoms with E-state index in [1.807, 2.05) is 12.1 Å². The Morgan fingerprint density at radius 2 is 2.00 bits per heavy atom. The van der Waals surface area contributed by atoms with E-state index >= 15 is 0 Å². The Morgan fingerprint density at radius 3 is 2.63 bits per heavy atom. The van der Waals surface area contributed by atoms with Gasteiger partial charge in [0.1, 0.15) is 10.1 Å². The second-order valence-electron chi connectivity index (χ2n) is 5.62. The number of ether oxygens (including phenoxy) is 1. The number of carbonyl (C=O) groups excluding carboxylic acids is 1. The lowest BCUT2D eigenvalue weighted by atomic mass is 10.1. The molecule has 0 aliphatic carbocycles. The number of thioether (sulfide) groups is 1. The predicted molar refractivity (Wildman–Crippen MR) is 106 cm³/mol. The Labute approximate surface area is 164 Å². The van der Waals surface area contributed by atoms with Gasteiger partial charge < -0.3 is 9.84 Å². The minimum Gasteiger partial charge on any atom is -0.502 e. The van der Waals surface area contributed by atoms with Crippen LogP contribution in [0.4, 0.5) is 5.69 Å². The fourth-order valence-electron chi connectivity index (χ4n) is 2.48. The van der Waals surface area contributed by atoms with E-state index in [0.717, 1.165) is 23.1 Å². The molecule has 1 N–H and O–H groups in total. The van der Waals surface area contributed by atoms with Crippen molar-refractivity contribution in [2.75, 3.05) is 7.11 Å². The Bertz CT molecular complexity index is 957. The number of benzene rings is 2. The normalized spacial score (nSPS) is 15.4. The zero-order valence-corrected chi connectivity index (χ0v) is 15.8. The number of methoxy groups -OCH3 is 1. The van der Waals surface area contributed by atoms with Gasteiger partial charge in [-0.15, -0.1) is 0 Å². The van der Waals surface area contributed by atoms with Gasteiger partial charge in [0.05, 0.1) is 23.5 Å². The summed E-state index contributed by atoms with van der Waals surface area (Å²) in [7, 11) is 1.58. The van der Waals surface area contributed by atoms with Crippen LogP contribution in [0.1, 0.15) is 11.1 Å². The molecule has 7 nitrogen and oxygen atoms in total. The van der Waals surface area contributed by atoms with E-state index in [0.29, 0.717) is 21.3 Å². The van der Waals surface area contributed by atoms with Crippen molar-refractivity contribution in [3.8, 4) is 11.5 Å². The maximum atomic E-state index is 12.7. The van der Waals surface area contributed by atoms with Crippen LogP contribution in [0.2, 0.25) is 0 Å². The van der Waals surface area contributed by atoms with Crippen LogP contribution in [0.3, 0.4) is 0 Å². The average Bonchev–Trinajstić information content (AvgIpc) is 2.91. The molecule has 0 aromatic heterocycles. The quantitative estimate of drug-likeness (QED) is 0.353. The summed E-state index contributed by atoms with van der Waals surface area (Å²) in [6.07, 6.45) is 1.53. The van der Waals surface area contributed by atoms with Crippen molar-refractivity contribution in [1.29, 1.82) is 0 Å². The molecular weight excluding hydrogens is 388 g/mol. The number of nitro groups is 1. The summed E-state index contributed by atoms with van der Waals surface area (Å²) >= 11 is 6.43. The number of thiocarbonyl (C=S) groups is 1. The zero-order chi connectivity index (χ0) is 19.6. The molecule has 1 fully saturated rings. The fourth-order valence-corrected chi connectivity index (χ4v) is 3.73. The highest BCUT2D eigenvalue weighted by atomic mass is 32.2. The van der Waals surface area contributed by atoms with Crippen molar-refractivity contribution in [3.63, 3.8) is 0 Å². The number of aromatic hydroxyl groups is 1. The van der Waals surface area contributed by atoms with E-state index in [2.05, 4.69) is 0 Å². The lowest BCUT2D eigenvalue weighted by molar-refractivity contribution is -0.385. The molecule has 2 aromatic rings. The third-order valence-electron chi connectivity index (χ3n) is 3.87. The Kier molecular flexibility index (Phi) is 5.43. The molecule has 0 saturated carbocycles. The highest BCUT2D eigenvalue weighted by Gasteiger charge is 2.32. The second kappa shape index (κ2) is 7.77. The van der Waals surface area contributed by atoms with Crippen LogP contribution in [0.15, 0.2) is 47.4 Å². The lowest BCUT2D eigenvalue weighted by Gasteiger charge is -2.14. The van der Waals surface area contributed by atoms with Gasteiger partial charge in [0.2, 0.25) is 0 Å². The molecule has 0 bridgehead atoms. The molecule has 1 heterocycles. The summed E-state index contributed by atoms with van der Waals surface area (Å²) in [4.78, 5) is 24.8. The molecule has 3 rings (SSSR count). The molecular formula is C18H14N2O5S2. The SMILES string of the molecule is COc1ccc(CN2C(=O)/C(=C/c3ccc(O)c([N+](=O)[O-])c3)SC2=S)cc1. The summed E-state index contributed by atoms with van der Waals surface area (Å²) in [5, 5.41) is 20.5. The van der Waals surface area contributed by atoms with Gasteiger partial charge in [0, 0.05) is 6.07 Å². The largest absolute Gasteiger partial charge is 0.502 e. The van der Waals surface area contributed by atoms with Crippen molar-refractivity contribution in [3.05, 3.63) is 68.6 Å². The molecule has 2 aromatic carbocycles. The molecule has 9 heteroatoms. The summed E-state index contributed by atoms with van der Waals surface area (Å²) in [6.45, 7) is 0.321. The van der Waals surface area contributed by atoms with Crippen LogP contribution >= 0.6 is 24.0 Å². The van der Waals surface area contributed by atoms with Crippen LogP contribution in [0.5, 0.6) is 11.5 Å². The molecule has 138 valence electrons. The summed E-state index contributed by atoms with van der Waals surface area (Å²) in [6, 6.07) is 11.2. The highest BCUT2D eigenvalue weighted by molar-refractivity contribution is 8.26. The first-order valence-corrected chi connectivity index (χ1v) is 8.97. The topological polar surface area (TPSA) is 92.9 Å². The van der Waals surface area contributed by atoms with Gasteiger partial charge in [0.15, 0.2) is 5.75 Å². The molecule has 0 spiro atoms. The van der Waals surface area contributed by atoms with Gasteiger partial charge in [-0.05, 0) is 35.4 Å². The average molecular weight is 402 g/mol. The smallest absolute Gasteiger partial charge is 0.311 e. The number of rotatable bonds is 5. The van der Waals surface area contributed by atoms with Gasteiger partial charge in [-0.1, -0.05) is 42.2 Å². The maximum absolute atomic E-state index is 12.7. The molecule has 1 aliphatic rings. The first-order chi connectivity index (χ1) is 12.9. The van der Waals surface area contributed by atoms with Gasteiger partial charge in [-0.3, -0.25) is 19.8 Å². The van der Waals surface area contributed by atoms with Crippen LogP contribution in [0.25, 0.3) is 6.08 Å². The summed E-state index contributed by atoms with van der Waals surface area (Å²) < 4.78 is 5.53. The number of carbonyl (C=O) groups is 1. The monoisotopic (exact) mass is 402 g/mol. The van der Waals surface area contributed by atoms with Gasteiger partial charge in [0.25, 0.3) is 5.91 Å². The number of amides is 1. The lowest BCUT2D eigenvalue weighted by Crippen LogP contribution is -2.27. The number of nitrogens with zero attached hydrogens (tertiary/aromatic N) is 2. The molecule has 0 radical (unpaired) electrons. The number of phenolic OH excluding ortho intramolecular Hbond substituents is 1. The van der Waals surface area contributed by atoms with Gasteiger partial charge in [-0.2, -0.15) is 0 Å². The van der Waals surface area contributed by atoms with E-state index < -0.39 is 16.4 Å². The Morgan fingerprint density at radius 1 is 1.30 bits per heavy atom. The molecule has 1 amide bonds. The molecule has 1 aliphatic heterocycles. The van der Waals surface area contributed by atoms with E-state index in [-0.39, 0.29) is 5.91 Å². The predicted octanol–water partition coefficient (Wildman–Crippen LogP) is 3.71. The van der Waals surface area contributed by atoms with Crippen LogP contribution in [-0.4, -0.2) is 32.3 Å². The Hall–Kier alpha value is -2.91. The van der Waals surface area contributed by atoms with Crippen molar-refractivity contribution in [2.24, 2.45) is 0 Å².